The minimum atomic E-state index is -0.921. The first-order valence-electron chi connectivity index (χ1n) is 8.07. The fraction of sp³-hybridized carbons (Fsp3) is 0.389. The van der Waals surface area contributed by atoms with E-state index in [4.69, 9.17) is 5.11 Å². The zero-order valence-electron chi connectivity index (χ0n) is 14.2. The lowest BCUT2D eigenvalue weighted by Crippen LogP contribution is -2.49. The summed E-state index contributed by atoms with van der Waals surface area (Å²) >= 11 is 0. The summed E-state index contributed by atoms with van der Waals surface area (Å²) in [7, 11) is 0. The molecule has 6 heteroatoms. The first-order chi connectivity index (χ1) is 11.4. The minimum Gasteiger partial charge on any atom is -0.481 e. The van der Waals surface area contributed by atoms with Crippen molar-refractivity contribution in [3.63, 3.8) is 0 Å². The van der Waals surface area contributed by atoms with Crippen molar-refractivity contribution in [1.29, 1.82) is 0 Å². The van der Waals surface area contributed by atoms with E-state index in [0.717, 1.165) is 5.69 Å². The van der Waals surface area contributed by atoms with Gasteiger partial charge in [0.25, 0.3) is 5.91 Å². The van der Waals surface area contributed by atoms with Gasteiger partial charge in [-0.05, 0) is 31.9 Å². The van der Waals surface area contributed by atoms with E-state index in [-0.39, 0.29) is 12.3 Å². The van der Waals surface area contributed by atoms with Gasteiger partial charge in [0.2, 0.25) is 0 Å². The van der Waals surface area contributed by atoms with Crippen molar-refractivity contribution in [1.82, 2.24) is 15.1 Å². The van der Waals surface area contributed by atoms with Crippen molar-refractivity contribution in [3.8, 4) is 5.69 Å². The van der Waals surface area contributed by atoms with Crippen LogP contribution in [0.25, 0.3) is 5.69 Å². The Bertz CT molecular complexity index is 718. The highest BCUT2D eigenvalue weighted by molar-refractivity contribution is 5.96. The summed E-state index contributed by atoms with van der Waals surface area (Å²) in [4.78, 5) is 23.8. The number of rotatable bonds is 7. The van der Waals surface area contributed by atoms with Crippen LogP contribution >= 0.6 is 0 Å². The molecule has 0 saturated carbocycles. The summed E-state index contributed by atoms with van der Waals surface area (Å²) in [5.41, 5.74) is 1.18. The van der Waals surface area contributed by atoms with Gasteiger partial charge in [-0.15, -0.1) is 0 Å². The van der Waals surface area contributed by atoms with Gasteiger partial charge in [-0.1, -0.05) is 32.0 Å². The maximum Gasteiger partial charge on any atom is 0.305 e. The zero-order valence-corrected chi connectivity index (χ0v) is 14.2. The number of hydrogen-bond acceptors (Lipinski definition) is 3. The molecule has 0 aliphatic heterocycles. The van der Waals surface area contributed by atoms with Crippen molar-refractivity contribution < 1.29 is 14.7 Å². The van der Waals surface area contributed by atoms with Gasteiger partial charge in [0.1, 0.15) is 0 Å². The number of carbonyl (C=O) groups is 2. The molecule has 1 aromatic heterocycles. The minimum absolute atomic E-state index is 0.0996. The van der Waals surface area contributed by atoms with E-state index in [0.29, 0.717) is 24.1 Å². The first-order valence-corrected chi connectivity index (χ1v) is 8.07. The summed E-state index contributed by atoms with van der Waals surface area (Å²) in [6.07, 6.45) is 2.68. The number of hydrogen-bond donors (Lipinski definition) is 2. The number of carbonyl (C=O) groups excluding carboxylic acids is 1. The fourth-order valence-electron chi connectivity index (χ4n) is 2.71. The lowest BCUT2D eigenvalue weighted by molar-refractivity contribution is -0.138. The molecular weight excluding hydrogens is 306 g/mol. The molecule has 0 radical (unpaired) electrons. The van der Waals surface area contributed by atoms with Crippen LogP contribution < -0.4 is 5.32 Å². The van der Waals surface area contributed by atoms with Gasteiger partial charge in [0, 0.05) is 6.20 Å². The second-order valence-electron chi connectivity index (χ2n) is 5.92. The van der Waals surface area contributed by atoms with Crippen molar-refractivity contribution in [3.05, 3.63) is 47.8 Å². The van der Waals surface area contributed by atoms with Gasteiger partial charge >= 0.3 is 5.97 Å². The molecule has 0 bridgehead atoms. The van der Waals surface area contributed by atoms with Crippen LogP contribution in [0.4, 0.5) is 0 Å². The third-order valence-corrected chi connectivity index (χ3v) is 4.39. The van der Waals surface area contributed by atoms with Crippen molar-refractivity contribution >= 4 is 11.9 Å². The molecule has 2 rings (SSSR count). The molecule has 2 aromatic rings. The van der Waals surface area contributed by atoms with Crippen LogP contribution in [0.3, 0.4) is 0 Å². The first kappa shape index (κ1) is 17.7. The number of para-hydroxylation sites is 1. The second-order valence-corrected chi connectivity index (χ2v) is 5.92. The van der Waals surface area contributed by atoms with Gasteiger partial charge < -0.3 is 10.4 Å². The molecule has 0 unspecified atom stereocenters. The molecular formula is C18H23N3O3. The number of amides is 1. The van der Waals surface area contributed by atoms with Gasteiger partial charge in [-0.3, -0.25) is 9.59 Å². The maximum atomic E-state index is 12.7. The normalized spacial score (nSPS) is 11.3. The van der Waals surface area contributed by atoms with Gasteiger partial charge in [-0.25, -0.2) is 4.68 Å². The Morgan fingerprint density at radius 3 is 2.38 bits per heavy atom. The number of aryl methyl sites for hydroxylation is 1. The van der Waals surface area contributed by atoms with Crippen LogP contribution in [0.2, 0.25) is 0 Å². The summed E-state index contributed by atoms with van der Waals surface area (Å²) < 4.78 is 1.65. The fourth-order valence-corrected chi connectivity index (χ4v) is 2.71. The summed E-state index contributed by atoms with van der Waals surface area (Å²) in [5.74, 6) is -1.21. The smallest absolute Gasteiger partial charge is 0.305 e. The molecule has 24 heavy (non-hydrogen) atoms. The lowest BCUT2D eigenvalue weighted by Gasteiger charge is -2.31. The number of nitrogens with one attached hydrogen (secondary N) is 1. The average molecular weight is 329 g/mol. The van der Waals surface area contributed by atoms with E-state index in [1.807, 2.05) is 44.2 Å². The van der Waals surface area contributed by atoms with E-state index in [1.54, 1.807) is 17.8 Å². The maximum absolute atomic E-state index is 12.7. The van der Waals surface area contributed by atoms with Crippen LogP contribution in [0.5, 0.6) is 0 Å². The van der Waals surface area contributed by atoms with Crippen molar-refractivity contribution in [2.45, 2.75) is 45.6 Å². The number of benzene rings is 1. The Hall–Kier alpha value is -2.63. The molecule has 2 N–H and O–H groups in total. The SMILES string of the molecule is CCC(CC)(CC(=O)O)NC(=O)c1cn(-c2ccccc2)nc1C. The van der Waals surface area contributed by atoms with Crippen LogP contribution in [0, 0.1) is 6.92 Å². The van der Waals surface area contributed by atoms with Crippen LogP contribution in [-0.2, 0) is 4.79 Å². The molecule has 0 spiro atoms. The molecule has 0 aliphatic rings. The molecule has 1 heterocycles. The monoisotopic (exact) mass is 329 g/mol. The molecule has 0 fully saturated rings. The van der Waals surface area contributed by atoms with Crippen LogP contribution in [-0.4, -0.2) is 32.3 Å². The molecule has 6 nitrogen and oxygen atoms in total. The van der Waals surface area contributed by atoms with Crippen LogP contribution in [0.15, 0.2) is 36.5 Å². The Morgan fingerprint density at radius 2 is 1.83 bits per heavy atom. The van der Waals surface area contributed by atoms with Crippen molar-refractivity contribution in [2.24, 2.45) is 0 Å². The molecule has 1 aromatic carbocycles. The average Bonchev–Trinajstić information content (AvgIpc) is 2.96. The van der Waals surface area contributed by atoms with E-state index >= 15 is 0 Å². The van der Waals surface area contributed by atoms with Crippen molar-refractivity contribution in [2.75, 3.05) is 0 Å². The van der Waals surface area contributed by atoms with Gasteiger partial charge in [-0.2, -0.15) is 5.10 Å². The topological polar surface area (TPSA) is 84.2 Å². The third kappa shape index (κ3) is 3.82. The summed E-state index contributed by atoms with van der Waals surface area (Å²) in [5, 5.41) is 16.4. The summed E-state index contributed by atoms with van der Waals surface area (Å²) in [6.45, 7) is 5.53. The number of aliphatic carboxylic acids is 1. The highest BCUT2D eigenvalue weighted by Crippen LogP contribution is 2.21. The predicted octanol–water partition coefficient (Wildman–Crippen LogP) is 2.94. The van der Waals surface area contributed by atoms with Crippen LogP contribution in [0.1, 0.15) is 49.2 Å². The van der Waals surface area contributed by atoms with E-state index in [2.05, 4.69) is 10.4 Å². The molecule has 1 amide bonds. The molecule has 0 saturated heterocycles. The largest absolute Gasteiger partial charge is 0.481 e. The Kier molecular flexibility index (Phi) is 5.39. The molecule has 0 atom stereocenters. The third-order valence-electron chi connectivity index (χ3n) is 4.39. The van der Waals surface area contributed by atoms with E-state index in [9.17, 15) is 9.59 Å². The predicted molar refractivity (Wildman–Crippen MR) is 91.3 cm³/mol. The standard InChI is InChI=1S/C18H23N3O3/c1-4-18(5-2,11-16(22)23)19-17(24)15-12-21(20-13(15)3)14-9-7-6-8-10-14/h6-10,12H,4-5,11H2,1-3H3,(H,19,24)(H,22,23). The van der Waals surface area contributed by atoms with Gasteiger partial charge in [0.15, 0.2) is 0 Å². The second kappa shape index (κ2) is 7.29. The molecule has 0 aliphatic carbocycles. The highest BCUT2D eigenvalue weighted by atomic mass is 16.4. The quantitative estimate of drug-likeness (QED) is 0.818. The number of carboxylic acid groups (broad SMARTS) is 1. The number of carboxylic acids is 1. The number of aromatic nitrogens is 2. The number of nitrogens with zero attached hydrogens (tertiary/aromatic N) is 2. The van der Waals surface area contributed by atoms with E-state index < -0.39 is 11.5 Å². The Morgan fingerprint density at radius 1 is 1.21 bits per heavy atom. The summed E-state index contributed by atoms with van der Waals surface area (Å²) in [6, 6.07) is 9.52. The van der Waals surface area contributed by atoms with E-state index in [1.165, 1.54) is 0 Å². The lowest BCUT2D eigenvalue weighted by atomic mass is 9.88. The highest BCUT2D eigenvalue weighted by Gasteiger charge is 2.32. The van der Waals surface area contributed by atoms with Gasteiger partial charge in [0.05, 0.1) is 28.9 Å². The molecule has 128 valence electrons. The Balaban J connectivity index is 2.26. The zero-order chi connectivity index (χ0) is 17.7. The Labute approximate surface area is 141 Å².